The summed E-state index contributed by atoms with van der Waals surface area (Å²) in [6.07, 6.45) is 0. The molecule has 0 saturated carbocycles. The largest absolute Gasteiger partial charge is 0.383 e. The molecule has 0 aliphatic carbocycles. The molecule has 0 radical (unpaired) electrons. The number of aryl methyl sites for hydroxylation is 1. The zero-order chi connectivity index (χ0) is 12.4. The van der Waals surface area contributed by atoms with Crippen molar-refractivity contribution in [2.45, 2.75) is 6.92 Å². The summed E-state index contributed by atoms with van der Waals surface area (Å²) >= 11 is 10.9. The van der Waals surface area contributed by atoms with Crippen molar-refractivity contribution in [3.63, 3.8) is 0 Å². The van der Waals surface area contributed by atoms with Gasteiger partial charge in [-0.05, 0) is 52.7 Å². The Balaban J connectivity index is 2.38. The van der Waals surface area contributed by atoms with Gasteiger partial charge >= 0.3 is 0 Å². The number of hydrogen-bond acceptors (Lipinski definition) is 2. The van der Waals surface area contributed by atoms with Crippen LogP contribution in [0.4, 0.5) is 5.69 Å². The van der Waals surface area contributed by atoms with Crippen LogP contribution in [-0.2, 0) is 0 Å². The first-order valence-electron chi connectivity index (χ1n) is 4.92. The Morgan fingerprint density at radius 1 is 1.35 bits per heavy atom. The van der Waals surface area contributed by atoms with Crippen molar-refractivity contribution in [3.8, 4) is 0 Å². The van der Waals surface area contributed by atoms with Crippen molar-refractivity contribution >= 4 is 50.4 Å². The van der Waals surface area contributed by atoms with Gasteiger partial charge in [0.1, 0.15) is 5.84 Å². The van der Waals surface area contributed by atoms with Gasteiger partial charge in [0, 0.05) is 5.02 Å². The normalized spacial score (nSPS) is 11.8. The Bertz CT molecular complexity index is 578. The molecule has 17 heavy (non-hydrogen) atoms. The van der Waals surface area contributed by atoms with Crippen LogP contribution in [-0.4, -0.2) is 5.84 Å². The lowest BCUT2D eigenvalue weighted by Gasteiger charge is -2.02. The molecule has 2 aromatic rings. The fraction of sp³-hybridized carbons (Fsp3) is 0.0833. The van der Waals surface area contributed by atoms with E-state index in [2.05, 4.69) is 20.9 Å². The van der Waals surface area contributed by atoms with Crippen molar-refractivity contribution in [3.05, 3.63) is 49.6 Å². The van der Waals surface area contributed by atoms with Crippen LogP contribution in [0.15, 0.2) is 39.1 Å². The van der Waals surface area contributed by atoms with Crippen LogP contribution in [0.25, 0.3) is 0 Å². The number of benzene rings is 1. The van der Waals surface area contributed by atoms with Gasteiger partial charge in [0.2, 0.25) is 0 Å². The number of rotatable bonds is 2. The maximum atomic E-state index is 5.96. The molecule has 0 atom stereocenters. The van der Waals surface area contributed by atoms with Crippen molar-refractivity contribution < 1.29 is 0 Å². The van der Waals surface area contributed by atoms with Crippen molar-refractivity contribution in [1.82, 2.24) is 0 Å². The number of thiophene rings is 1. The monoisotopic (exact) mass is 328 g/mol. The van der Waals surface area contributed by atoms with Gasteiger partial charge in [-0.1, -0.05) is 17.7 Å². The number of hydrogen-bond donors (Lipinski definition) is 1. The number of nitrogens with zero attached hydrogens (tertiary/aromatic N) is 1. The van der Waals surface area contributed by atoms with Crippen molar-refractivity contribution in [1.29, 1.82) is 0 Å². The average molecular weight is 330 g/mol. The molecule has 88 valence electrons. The van der Waals surface area contributed by atoms with E-state index in [4.69, 9.17) is 17.3 Å². The van der Waals surface area contributed by atoms with Gasteiger partial charge in [0.25, 0.3) is 0 Å². The first-order valence-corrected chi connectivity index (χ1v) is 6.91. The Kier molecular flexibility index (Phi) is 3.86. The van der Waals surface area contributed by atoms with Crippen LogP contribution in [0.1, 0.15) is 10.4 Å². The van der Waals surface area contributed by atoms with E-state index >= 15 is 0 Å². The highest BCUT2D eigenvalue weighted by Gasteiger charge is 2.04. The molecule has 0 aliphatic rings. The van der Waals surface area contributed by atoms with E-state index in [1.807, 2.05) is 37.3 Å². The van der Waals surface area contributed by atoms with E-state index in [0.717, 1.165) is 19.9 Å². The van der Waals surface area contributed by atoms with Gasteiger partial charge < -0.3 is 5.73 Å². The van der Waals surface area contributed by atoms with Crippen LogP contribution >= 0.6 is 38.9 Å². The molecule has 2 N–H and O–H groups in total. The molecular formula is C12H10BrClN2S. The molecule has 0 bridgehead atoms. The SMILES string of the molecule is Cc1ccc(Cl)cc1N=C(N)c1ccc(Br)s1. The van der Waals surface area contributed by atoms with E-state index in [9.17, 15) is 0 Å². The summed E-state index contributed by atoms with van der Waals surface area (Å²) < 4.78 is 1.04. The third kappa shape index (κ3) is 3.09. The quantitative estimate of drug-likeness (QED) is 0.639. The van der Waals surface area contributed by atoms with Crippen molar-refractivity contribution in [2.24, 2.45) is 10.7 Å². The van der Waals surface area contributed by atoms with E-state index in [0.29, 0.717) is 10.9 Å². The van der Waals surface area contributed by atoms with E-state index in [-0.39, 0.29) is 0 Å². The van der Waals surface area contributed by atoms with Crippen LogP contribution in [0.3, 0.4) is 0 Å². The molecule has 5 heteroatoms. The van der Waals surface area contributed by atoms with Gasteiger partial charge in [-0.15, -0.1) is 11.3 Å². The fourth-order valence-corrected chi connectivity index (χ4v) is 2.79. The standard InChI is InChI=1S/C12H10BrClN2S/c1-7-2-3-8(14)6-9(7)16-12(15)10-4-5-11(13)17-10/h2-6H,1H3,(H2,15,16). The molecule has 1 heterocycles. The molecule has 0 fully saturated rings. The summed E-state index contributed by atoms with van der Waals surface area (Å²) in [5.41, 5.74) is 7.81. The zero-order valence-electron chi connectivity index (χ0n) is 9.08. The maximum Gasteiger partial charge on any atom is 0.141 e. The summed E-state index contributed by atoms with van der Waals surface area (Å²) in [5.74, 6) is 0.506. The van der Waals surface area contributed by atoms with Gasteiger partial charge in [-0.3, -0.25) is 0 Å². The van der Waals surface area contributed by atoms with Crippen LogP contribution < -0.4 is 5.73 Å². The number of nitrogens with two attached hydrogens (primary N) is 1. The Morgan fingerprint density at radius 2 is 2.12 bits per heavy atom. The predicted octanol–water partition coefficient (Wildman–Crippen LogP) is 4.51. The summed E-state index contributed by atoms with van der Waals surface area (Å²) in [7, 11) is 0. The Labute approximate surface area is 117 Å². The van der Waals surface area contributed by atoms with Gasteiger partial charge in [0.05, 0.1) is 14.4 Å². The lowest BCUT2D eigenvalue weighted by molar-refractivity contribution is 1.38. The van der Waals surface area contributed by atoms with Crippen LogP contribution in [0.5, 0.6) is 0 Å². The first-order chi connectivity index (χ1) is 8.06. The van der Waals surface area contributed by atoms with Gasteiger partial charge in [-0.25, -0.2) is 4.99 Å². The number of amidine groups is 1. The second-order valence-electron chi connectivity index (χ2n) is 3.53. The second-order valence-corrected chi connectivity index (χ2v) is 6.43. The van der Waals surface area contributed by atoms with E-state index in [1.54, 1.807) is 11.3 Å². The molecular weight excluding hydrogens is 320 g/mol. The summed E-state index contributed by atoms with van der Waals surface area (Å²) in [4.78, 5) is 5.34. The predicted molar refractivity (Wildman–Crippen MR) is 78.6 cm³/mol. The minimum atomic E-state index is 0.506. The second kappa shape index (κ2) is 5.21. The van der Waals surface area contributed by atoms with Crippen LogP contribution in [0.2, 0.25) is 5.02 Å². The minimum Gasteiger partial charge on any atom is -0.383 e. The lowest BCUT2D eigenvalue weighted by Crippen LogP contribution is -2.10. The smallest absolute Gasteiger partial charge is 0.141 e. The highest BCUT2D eigenvalue weighted by molar-refractivity contribution is 9.11. The topological polar surface area (TPSA) is 38.4 Å². The highest BCUT2D eigenvalue weighted by atomic mass is 79.9. The maximum absolute atomic E-state index is 5.96. The molecule has 0 spiro atoms. The number of aliphatic imine (C=N–C) groups is 1. The van der Waals surface area contributed by atoms with Gasteiger partial charge in [-0.2, -0.15) is 0 Å². The summed E-state index contributed by atoms with van der Waals surface area (Å²) in [6, 6.07) is 9.47. The zero-order valence-corrected chi connectivity index (χ0v) is 12.2. The summed E-state index contributed by atoms with van der Waals surface area (Å²) in [6.45, 7) is 1.98. The third-order valence-electron chi connectivity index (χ3n) is 2.24. The van der Waals surface area contributed by atoms with E-state index in [1.165, 1.54) is 0 Å². The number of halogens is 2. The van der Waals surface area contributed by atoms with Gasteiger partial charge in [0.15, 0.2) is 0 Å². The van der Waals surface area contributed by atoms with Crippen LogP contribution in [0, 0.1) is 6.92 Å². The van der Waals surface area contributed by atoms with Crippen molar-refractivity contribution in [2.75, 3.05) is 0 Å². The molecule has 1 aromatic carbocycles. The Morgan fingerprint density at radius 3 is 2.76 bits per heavy atom. The molecule has 1 aromatic heterocycles. The summed E-state index contributed by atoms with van der Waals surface area (Å²) in [5, 5.41) is 0.662. The minimum absolute atomic E-state index is 0.506. The first kappa shape index (κ1) is 12.6. The molecule has 0 aliphatic heterocycles. The third-order valence-corrected chi connectivity index (χ3v) is 4.12. The molecule has 0 saturated heterocycles. The fourth-order valence-electron chi connectivity index (χ4n) is 1.34. The molecule has 2 rings (SSSR count). The molecule has 2 nitrogen and oxygen atoms in total. The molecule has 0 amide bonds. The van der Waals surface area contributed by atoms with E-state index < -0.39 is 0 Å². The molecule has 0 unspecified atom stereocenters. The highest BCUT2D eigenvalue weighted by Crippen LogP contribution is 2.26. The lowest BCUT2D eigenvalue weighted by atomic mass is 10.2. The Hall–Kier alpha value is -0.840. The average Bonchev–Trinajstić information content (AvgIpc) is 2.70.